The number of rotatable bonds is 3. The lowest BCUT2D eigenvalue weighted by Gasteiger charge is -2.31. The van der Waals surface area contributed by atoms with Gasteiger partial charge >= 0.3 is 0 Å². The molecule has 1 heterocycles. The summed E-state index contributed by atoms with van der Waals surface area (Å²) < 4.78 is 11.2. The lowest BCUT2D eigenvalue weighted by atomic mass is 10.2. The summed E-state index contributed by atoms with van der Waals surface area (Å²) in [5, 5.41) is 0. The van der Waals surface area contributed by atoms with Crippen molar-refractivity contribution in [1.29, 1.82) is 0 Å². The van der Waals surface area contributed by atoms with Crippen molar-refractivity contribution in [3.8, 4) is 11.5 Å². The Morgan fingerprint density at radius 2 is 2.17 bits per heavy atom. The van der Waals surface area contributed by atoms with Crippen LogP contribution >= 0.6 is 0 Å². The predicted molar refractivity (Wildman–Crippen MR) is 67.6 cm³/mol. The van der Waals surface area contributed by atoms with Crippen LogP contribution in [0.2, 0.25) is 0 Å². The molecule has 0 aliphatic carbocycles. The zero-order valence-corrected chi connectivity index (χ0v) is 10.6. The van der Waals surface area contributed by atoms with Gasteiger partial charge in [0, 0.05) is 19.6 Å². The third kappa shape index (κ3) is 2.41. The minimum absolute atomic E-state index is 0.0155. The van der Waals surface area contributed by atoms with Gasteiger partial charge in [-0.15, -0.1) is 0 Å². The highest BCUT2D eigenvalue weighted by Crippen LogP contribution is 2.31. The van der Waals surface area contributed by atoms with Gasteiger partial charge in [-0.3, -0.25) is 4.79 Å². The van der Waals surface area contributed by atoms with E-state index >= 15 is 0 Å². The van der Waals surface area contributed by atoms with E-state index in [2.05, 4.69) is 0 Å². The van der Waals surface area contributed by atoms with E-state index in [4.69, 9.17) is 15.2 Å². The highest BCUT2D eigenvalue weighted by Gasteiger charge is 2.30. The molecule has 2 rings (SSSR count). The van der Waals surface area contributed by atoms with Crippen LogP contribution in [0.4, 0.5) is 0 Å². The number of likely N-dealkylation sites (N-methyl/N-ethyl adjacent to an activating group) is 1. The lowest BCUT2D eigenvalue weighted by molar-refractivity contribution is -0.141. The number of benzene rings is 1. The minimum atomic E-state index is -0.598. The van der Waals surface area contributed by atoms with Crippen molar-refractivity contribution in [2.75, 3.05) is 20.2 Å². The summed E-state index contributed by atoms with van der Waals surface area (Å²) >= 11 is 0. The average molecular weight is 250 g/mol. The van der Waals surface area contributed by atoms with Crippen LogP contribution in [0.15, 0.2) is 24.3 Å². The summed E-state index contributed by atoms with van der Waals surface area (Å²) in [5.41, 5.74) is 5.55. The van der Waals surface area contributed by atoms with Crippen molar-refractivity contribution in [2.24, 2.45) is 5.73 Å². The molecule has 2 unspecified atom stereocenters. The average Bonchev–Trinajstić information content (AvgIpc) is 2.44. The van der Waals surface area contributed by atoms with Crippen molar-refractivity contribution in [1.82, 2.24) is 4.90 Å². The van der Waals surface area contributed by atoms with Crippen molar-refractivity contribution in [2.45, 2.75) is 19.1 Å². The van der Waals surface area contributed by atoms with E-state index in [1.807, 2.05) is 25.1 Å². The molecule has 1 aromatic rings. The molecule has 5 heteroatoms. The van der Waals surface area contributed by atoms with Gasteiger partial charge in [0.2, 0.25) is 6.10 Å². The standard InChI is InChI=1S/C13H18N2O3/c1-9(7-14)15(2)13(16)12-8-17-10-5-3-4-6-11(10)18-12/h3-6,9,12H,7-8,14H2,1-2H3. The van der Waals surface area contributed by atoms with E-state index in [1.165, 1.54) is 0 Å². The van der Waals surface area contributed by atoms with E-state index in [1.54, 1.807) is 18.0 Å². The number of ether oxygens (including phenoxy) is 2. The van der Waals surface area contributed by atoms with Crippen LogP contribution in [0.5, 0.6) is 11.5 Å². The fourth-order valence-electron chi connectivity index (χ4n) is 1.74. The molecule has 1 amide bonds. The maximum absolute atomic E-state index is 12.2. The molecule has 0 saturated carbocycles. The molecule has 0 aromatic heterocycles. The molecular weight excluding hydrogens is 232 g/mol. The Balaban J connectivity index is 2.07. The van der Waals surface area contributed by atoms with Gasteiger partial charge in [-0.05, 0) is 19.1 Å². The summed E-state index contributed by atoms with van der Waals surface area (Å²) in [5.74, 6) is 1.18. The predicted octanol–water partition coefficient (Wildman–Crippen LogP) is 0.632. The second-order valence-electron chi connectivity index (χ2n) is 4.40. The topological polar surface area (TPSA) is 64.8 Å². The highest BCUT2D eigenvalue weighted by atomic mass is 16.6. The smallest absolute Gasteiger partial charge is 0.267 e. The number of hydrogen-bond donors (Lipinski definition) is 1. The Hall–Kier alpha value is -1.75. The molecule has 98 valence electrons. The summed E-state index contributed by atoms with van der Waals surface area (Å²) in [4.78, 5) is 13.8. The fourth-order valence-corrected chi connectivity index (χ4v) is 1.74. The molecule has 2 N–H and O–H groups in total. The molecule has 1 aromatic carbocycles. The second-order valence-corrected chi connectivity index (χ2v) is 4.40. The SMILES string of the molecule is CC(CN)N(C)C(=O)C1COc2ccccc2O1. The number of para-hydroxylation sites is 2. The minimum Gasteiger partial charge on any atom is -0.485 e. The number of carbonyl (C=O) groups excluding carboxylic acids is 1. The van der Waals surface area contributed by atoms with Gasteiger partial charge in [0.05, 0.1) is 0 Å². The zero-order valence-electron chi connectivity index (χ0n) is 10.6. The molecule has 5 nitrogen and oxygen atoms in total. The van der Waals surface area contributed by atoms with E-state index in [9.17, 15) is 4.79 Å². The molecule has 18 heavy (non-hydrogen) atoms. The third-order valence-electron chi connectivity index (χ3n) is 3.13. The van der Waals surface area contributed by atoms with Crippen molar-refractivity contribution < 1.29 is 14.3 Å². The van der Waals surface area contributed by atoms with Gasteiger partial charge in [0.25, 0.3) is 5.91 Å². The molecule has 1 aliphatic heterocycles. The summed E-state index contributed by atoms with van der Waals surface area (Å²) in [6.45, 7) is 2.55. The first-order chi connectivity index (χ1) is 8.63. The number of nitrogens with zero attached hydrogens (tertiary/aromatic N) is 1. The molecule has 2 atom stereocenters. The molecular formula is C13H18N2O3. The van der Waals surface area contributed by atoms with Crippen molar-refractivity contribution in [3.63, 3.8) is 0 Å². The number of fused-ring (bicyclic) bond motifs is 1. The molecule has 0 radical (unpaired) electrons. The van der Waals surface area contributed by atoms with E-state index < -0.39 is 6.10 Å². The van der Waals surface area contributed by atoms with Crippen LogP contribution in [-0.4, -0.2) is 43.2 Å². The lowest BCUT2D eigenvalue weighted by Crippen LogP contribution is -2.49. The Bertz CT molecular complexity index is 436. The van der Waals surface area contributed by atoms with Crippen LogP contribution in [-0.2, 0) is 4.79 Å². The maximum Gasteiger partial charge on any atom is 0.267 e. The van der Waals surface area contributed by atoms with Crippen LogP contribution in [0, 0.1) is 0 Å². The highest BCUT2D eigenvalue weighted by molar-refractivity contribution is 5.82. The summed E-state index contributed by atoms with van der Waals surface area (Å²) in [6.07, 6.45) is -0.598. The molecule has 0 saturated heterocycles. The van der Waals surface area contributed by atoms with Gasteiger partial charge in [0.1, 0.15) is 6.61 Å². The Morgan fingerprint density at radius 3 is 2.83 bits per heavy atom. The number of amides is 1. The number of hydrogen-bond acceptors (Lipinski definition) is 4. The van der Waals surface area contributed by atoms with Crippen LogP contribution in [0.3, 0.4) is 0 Å². The first kappa shape index (κ1) is 12.7. The van der Waals surface area contributed by atoms with E-state index in [0.717, 1.165) is 0 Å². The summed E-state index contributed by atoms with van der Waals surface area (Å²) in [6, 6.07) is 7.32. The Labute approximate surface area is 106 Å². The van der Waals surface area contributed by atoms with Crippen LogP contribution in [0.1, 0.15) is 6.92 Å². The quantitative estimate of drug-likeness (QED) is 0.854. The van der Waals surface area contributed by atoms with Gasteiger partial charge in [-0.2, -0.15) is 0 Å². The monoisotopic (exact) mass is 250 g/mol. The second kappa shape index (κ2) is 5.27. The molecule has 0 bridgehead atoms. The third-order valence-corrected chi connectivity index (χ3v) is 3.13. The Morgan fingerprint density at radius 1 is 1.50 bits per heavy atom. The fraction of sp³-hybridized carbons (Fsp3) is 0.462. The molecule has 0 spiro atoms. The molecule has 0 fully saturated rings. The van der Waals surface area contributed by atoms with Crippen LogP contribution < -0.4 is 15.2 Å². The first-order valence-corrected chi connectivity index (χ1v) is 5.98. The van der Waals surface area contributed by atoms with Crippen LogP contribution in [0.25, 0.3) is 0 Å². The summed E-state index contributed by atoms with van der Waals surface area (Å²) in [7, 11) is 1.73. The number of carbonyl (C=O) groups is 1. The van der Waals surface area contributed by atoms with Gasteiger partial charge < -0.3 is 20.1 Å². The van der Waals surface area contributed by atoms with Gasteiger partial charge in [-0.25, -0.2) is 0 Å². The van der Waals surface area contributed by atoms with E-state index in [0.29, 0.717) is 18.0 Å². The van der Waals surface area contributed by atoms with Gasteiger partial charge in [-0.1, -0.05) is 12.1 Å². The Kier molecular flexibility index (Phi) is 3.72. The number of nitrogens with two attached hydrogens (primary N) is 1. The normalized spacial score (nSPS) is 19.2. The van der Waals surface area contributed by atoms with Crippen molar-refractivity contribution >= 4 is 5.91 Å². The largest absolute Gasteiger partial charge is 0.485 e. The maximum atomic E-state index is 12.2. The van der Waals surface area contributed by atoms with Crippen molar-refractivity contribution in [3.05, 3.63) is 24.3 Å². The first-order valence-electron chi connectivity index (χ1n) is 5.98. The molecule has 1 aliphatic rings. The zero-order chi connectivity index (χ0) is 13.1. The van der Waals surface area contributed by atoms with Gasteiger partial charge in [0.15, 0.2) is 11.5 Å². The van der Waals surface area contributed by atoms with E-state index in [-0.39, 0.29) is 18.6 Å².